The number of guanidine groups is 1. The van der Waals surface area contributed by atoms with E-state index in [9.17, 15) is 0 Å². The Hall–Kier alpha value is -0.300. The second-order valence-corrected chi connectivity index (χ2v) is 4.06. The van der Waals surface area contributed by atoms with E-state index in [4.69, 9.17) is 10.5 Å². The summed E-state index contributed by atoms with van der Waals surface area (Å²) in [6.07, 6.45) is 0. The van der Waals surface area contributed by atoms with Gasteiger partial charge in [-0.3, -0.25) is 4.99 Å². The summed E-state index contributed by atoms with van der Waals surface area (Å²) in [5, 5.41) is 2.98. The summed E-state index contributed by atoms with van der Waals surface area (Å²) in [6.45, 7) is 12.5. The van der Waals surface area contributed by atoms with Crippen LogP contribution in [0.15, 0.2) is 17.1 Å². The Morgan fingerprint density at radius 1 is 1.50 bits per heavy atom. The Balaban J connectivity index is 0. The molecule has 96 valence electrons. The molecule has 0 aliphatic heterocycles. The van der Waals surface area contributed by atoms with Gasteiger partial charge in [-0.1, -0.05) is 26.0 Å². The van der Waals surface area contributed by atoms with Crippen molar-refractivity contribution >= 4 is 29.9 Å². The minimum Gasteiger partial charge on any atom is -0.375 e. The Bertz CT molecular complexity index is 217. The van der Waals surface area contributed by atoms with Crippen molar-refractivity contribution in [2.24, 2.45) is 16.6 Å². The largest absolute Gasteiger partial charge is 0.375 e. The highest BCUT2D eigenvalue weighted by Gasteiger charge is 1.94. The monoisotopic (exact) mass is 341 g/mol. The van der Waals surface area contributed by atoms with E-state index in [1.165, 1.54) is 0 Å². The average Bonchev–Trinajstić information content (AvgIpc) is 2.13. The number of hydrogen-bond acceptors (Lipinski definition) is 2. The van der Waals surface area contributed by atoms with Gasteiger partial charge in [0.05, 0.1) is 13.2 Å². The zero-order valence-corrected chi connectivity index (χ0v) is 12.8. The molecule has 0 bridgehead atoms. The molecule has 0 aromatic heterocycles. The summed E-state index contributed by atoms with van der Waals surface area (Å²) in [5.74, 6) is 1.02. The molecule has 5 heteroatoms. The van der Waals surface area contributed by atoms with E-state index in [2.05, 4.69) is 30.7 Å². The first-order chi connectivity index (χ1) is 7.02. The molecule has 0 radical (unpaired) electrons. The fourth-order valence-corrected chi connectivity index (χ4v) is 0.834. The lowest BCUT2D eigenvalue weighted by Crippen LogP contribution is -2.34. The maximum Gasteiger partial charge on any atom is 0.188 e. The first-order valence-corrected chi connectivity index (χ1v) is 5.28. The third-order valence-corrected chi connectivity index (χ3v) is 1.53. The number of halogens is 1. The van der Waals surface area contributed by atoms with Gasteiger partial charge in [-0.25, -0.2) is 0 Å². The van der Waals surface area contributed by atoms with Gasteiger partial charge in [-0.2, -0.15) is 0 Å². The highest BCUT2D eigenvalue weighted by atomic mass is 127. The van der Waals surface area contributed by atoms with Gasteiger partial charge in [0.15, 0.2) is 5.96 Å². The zero-order chi connectivity index (χ0) is 11.7. The molecule has 0 aromatic carbocycles. The topological polar surface area (TPSA) is 59.6 Å². The Morgan fingerprint density at radius 2 is 2.12 bits per heavy atom. The van der Waals surface area contributed by atoms with Crippen LogP contribution in [-0.2, 0) is 4.74 Å². The van der Waals surface area contributed by atoms with Crippen LogP contribution < -0.4 is 11.1 Å². The van der Waals surface area contributed by atoms with Gasteiger partial charge in [0.2, 0.25) is 0 Å². The second-order valence-electron chi connectivity index (χ2n) is 4.06. The molecule has 4 nitrogen and oxygen atoms in total. The van der Waals surface area contributed by atoms with Crippen LogP contribution in [0.2, 0.25) is 0 Å². The zero-order valence-electron chi connectivity index (χ0n) is 10.5. The average molecular weight is 341 g/mol. The molecule has 0 heterocycles. The van der Waals surface area contributed by atoms with Gasteiger partial charge < -0.3 is 15.8 Å². The van der Waals surface area contributed by atoms with Crippen LogP contribution in [0.1, 0.15) is 20.8 Å². The molecule has 0 saturated carbocycles. The lowest BCUT2D eigenvalue weighted by Gasteiger charge is -2.07. The molecule has 0 spiro atoms. The van der Waals surface area contributed by atoms with E-state index in [1.807, 2.05) is 6.92 Å². The summed E-state index contributed by atoms with van der Waals surface area (Å²) < 4.78 is 5.30. The van der Waals surface area contributed by atoms with Crippen LogP contribution in [-0.4, -0.2) is 32.3 Å². The van der Waals surface area contributed by atoms with Gasteiger partial charge in [0, 0.05) is 13.1 Å². The van der Waals surface area contributed by atoms with Crippen LogP contribution in [0.5, 0.6) is 0 Å². The third-order valence-electron chi connectivity index (χ3n) is 1.53. The van der Waals surface area contributed by atoms with E-state index in [1.54, 1.807) is 0 Å². The molecule has 0 rings (SSSR count). The van der Waals surface area contributed by atoms with Crippen molar-refractivity contribution in [1.29, 1.82) is 0 Å². The lowest BCUT2D eigenvalue weighted by molar-refractivity contribution is 0.161. The van der Waals surface area contributed by atoms with Crippen LogP contribution in [0, 0.1) is 5.92 Å². The number of nitrogens with two attached hydrogens (primary N) is 1. The SMILES string of the molecule is C=C(C)COCCNC(N)=NCC(C)C.I. The van der Waals surface area contributed by atoms with Crippen LogP contribution in [0.4, 0.5) is 0 Å². The van der Waals surface area contributed by atoms with E-state index in [-0.39, 0.29) is 24.0 Å². The normalized spacial score (nSPS) is 11.1. The summed E-state index contributed by atoms with van der Waals surface area (Å²) in [7, 11) is 0. The maximum atomic E-state index is 5.63. The van der Waals surface area contributed by atoms with E-state index in [0.717, 1.165) is 12.1 Å². The molecular weight excluding hydrogens is 317 g/mol. The summed E-state index contributed by atoms with van der Waals surface area (Å²) >= 11 is 0. The fourth-order valence-electron chi connectivity index (χ4n) is 0.834. The highest BCUT2D eigenvalue weighted by Crippen LogP contribution is 1.90. The minimum absolute atomic E-state index is 0. The molecule has 0 fully saturated rings. The smallest absolute Gasteiger partial charge is 0.188 e. The van der Waals surface area contributed by atoms with Crippen molar-refractivity contribution in [3.05, 3.63) is 12.2 Å². The standard InChI is InChI=1S/C11H23N3O.HI/c1-9(2)7-14-11(12)13-5-6-15-8-10(3)4;/h9H,3,5-8H2,1-2,4H3,(H3,12,13,14);1H. The van der Waals surface area contributed by atoms with Crippen molar-refractivity contribution in [2.75, 3.05) is 26.3 Å². The molecule has 0 amide bonds. The van der Waals surface area contributed by atoms with E-state index >= 15 is 0 Å². The maximum absolute atomic E-state index is 5.63. The van der Waals surface area contributed by atoms with Gasteiger partial charge in [-0.15, -0.1) is 24.0 Å². The molecular formula is C11H24IN3O. The van der Waals surface area contributed by atoms with Gasteiger partial charge in [0.1, 0.15) is 0 Å². The van der Waals surface area contributed by atoms with E-state index < -0.39 is 0 Å². The Morgan fingerprint density at radius 3 is 2.62 bits per heavy atom. The van der Waals surface area contributed by atoms with Crippen molar-refractivity contribution < 1.29 is 4.74 Å². The highest BCUT2D eigenvalue weighted by molar-refractivity contribution is 14.0. The molecule has 0 atom stereocenters. The van der Waals surface area contributed by atoms with Crippen molar-refractivity contribution in [2.45, 2.75) is 20.8 Å². The number of ether oxygens (including phenoxy) is 1. The molecule has 0 unspecified atom stereocenters. The first kappa shape index (κ1) is 18.1. The molecule has 0 aliphatic rings. The van der Waals surface area contributed by atoms with Crippen LogP contribution in [0.3, 0.4) is 0 Å². The quantitative estimate of drug-likeness (QED) is 0.244. The number of hydrogen-bond donors (Lipinski definition) is 2. The second kappa shape index (κ2) is 11.2. The molecule has 0 saturated heterocycles. The Kier molecular flexibility index (Phi) is 12.6. The van der Waals surface area contributed by atoms with Crippen molar-refractivity contribution in [1.82, 2.24) is 5.32 Å². The van der Waals surface area contributed by atoms with Gasteiger partial charge in [0.25, 0.3) is 0 Å². The Labute approximate surface area is 116 Å². The van der Waals surface area contributed by atoms with Gasteiger partial charge >= 0.3 is 0 Å². The van der Waals surface area contributed by atoms with E-state index in [0.29, 0.717) is 31.6 Å². The van der Waals surface area contributed by atoms with Crippen molar-refractivity contribution in [3.8, 4) is 0 Å². The molecule has 16 heavy (non-hydrogen) atoms. The molecule has 3 N–H and O–H groups in total. The van der Waals surface area contributed by atoms with Crippen molar-refractivity contribution in [3.63, 3.8) is 0 Å². The fraction of sp³-hybridized carbons (Fsp3) is 0.727. The molecule has 0 aliphatic carbocycles. The minimum atomic E-state index is 0. The summed E-state index contributed by atoms with van der Waals surface area (Å²) in [4.78, 5) is 4.17. The number of nitrogens with zero attached hydrogens (tertiary/aromatic N) is 1. The number of aliphatic imine (C=N–C) groups is 1. The summed E-state index contributed by atoms with van der Waals surface area (Å²) in [6, 6.07) is 0. The predicted octanol–water partition coefficient (Wildman–Crippen LogP) is 1.76. The first-order valence-electron chi connectivity index (χ1n) is 5.28. The van der Waals surface area contributed by atoms with Crippen LogP contribution >= 0.6 is 24.0 Å². The number of nitrogens with one attached hydrogen (secondary N) is 1. The predicted molar refractivity (Wildman–Crippen MR) is 80.4 cm³/mol. The summed E-state index contributed by atoms with van der Waals surface area (Å²) in [5.41, 5.74) is 6.65. The van der Waals surface area contributed by atoms with Crippen LogP contribution in [0.25, 0.3) is 0 Å². The lowest BCUT2D eigenvalue weighted by atomic mass is 10.2. The number of rotatable bonds is 7. The van der Waals surface area contributed by atoms with Gasteiger partial charge in [-0.05, 0) is 12.8 Å². The third kappa shape index (κ3) is 13.7. The molecule has 0 aromatic rings.